The lowest BCUT2D eigenvalue weighted by Crippen LogP contribution is -2.29. The fraction of sp³-hybridized carbons (Fsp3) is 0.667. The van der Waals surface area contributed by atoms with Crippen LogP contribution in [0.3, 0.4) is 0 Å². The van der Waals surface area contributed by atoms with Gasteiger partial charge in [0.2, 0.25) is 0 Å². The van der Waals surface area contributed by atoms with Crippen molar-refractivity contribution in [3.05, 3.63) is 29.8 Å². The summed E-state index contributed by atoms with van der Waals surface area (Å²) in [6, 6.07) is 9.11. The smallest absolute Gasteiger partial charge is 0.120 e. The minimum Gasteiger partial charge on any atom is -0.491 e. The van der Waals surface area contributed by atoms with Gasteiger partial charge in [0.25, 0.3) is 0 Å². The molecule has 1 saturated carbocycles. The molecule has 0 amide bonds. The second-order valence-electron chi connectivity index (χ2n) is 6.35. The molecular weight excluding hydrogens is 246 g/mol. The zero-order valence-electron chi connectivity index (χ0n) is 13.4. The normalized spacial score (nSPS) is 24.1. The fourth-order valence-electron chi connectivity index (χ4n) is 3.46. The van der Waals surface area contributed by atoms with Crippen LogP contribution >= 0.6 is 0 Å². The molecular formula is C18H29NO. The van der Waals surface area contributed by atoms with Crippen molar-refractivity contribution >= 4 is 0 Å². The van der Waals surface area contributed by atoms with E-state index in [9.17, 15) is 0 Å². The van der Waals surface area contributed by atoms with E-state index in [1.165, 1.54) is 24.8 Å². The van der Waals surface area contributed by atoms with Crippen molar-refractivity contribution in [2.75, 3.05) is 6.54 Å². The van der Waals surface area contributed by atoms with Gasteiger partial charge in [0.05, 0.1) is 6.10 Å². The number of benzene rings is 1. The molecule has 2 nitrogen and oxygen atoms in total. The maximum atomic E-state index is 5.84. The van der Waals surface area contributed by atoms with Crippen molar-refractivity contribution in [3.63, 3.8) is 0 Å². The zero-order chi connectivity index (χ0) is 14.5. The number of nitrogens with one attached hydrogen (secondary N) is 1. The van der Waals surface area contributed by atoms with Crippen LogP contribution in [-0.4, -0.2) is 12.6 Å². The second kappa shape index (κ2) is 7.12. The van der Waals surface area contributed by atoms with Gasteiger partial charge in [0.1, 0.15) is 5.75 Å². The van der Waals surface area contributed by atoms with Crippen LogP contribution in [0.15, 0.2) is 24.3 Å². The Morgan fingerprint density at radius 3 is 2.70 bits per heavy atom. The van der Waals surface area contributed by atoms with Crippen molar-refractivity contribution < 1.29 is 4.74 Å². The van der Waals surface area contributed by atoms with E-state index in [0.717, 1.165) is 24.1 Å². The van der Waals surface area contributed by atoms with Crippen molar-refractivity contribution in [2.45, 2.75) is 59.1 Å². The average molecular weight is 275 g/mol. The molecule has 0 bridgehead atoms. The van der Waals surface area contributed by atoms with Gasteiger partial charge in [-0.3, -0.25) is 0 Å². The Morgan fingerprint density at radius 2 is 2.10 bits per heavy atom. The van der Waals surface area contributed by atoms with Gasteiger partial charge in [-0.25, -0.2) is 0 Å². The predicted molar refractivity (Wildman–Crippen MR) is 85.1 cm³/mol. The molecule has 1 aliphatic rings. The first-order chi connectivity index (χ1) is 9.61. The molecule has 112 valence electrons. The van der Waals surface area contributed by atoms with E-state index in [0.29, 0.717) is 6.04 Å². The van der Waals surface area contributed by atoms with Crippen LogP contribution in [0.4, 0.5) is 0 Å². The minimum absolute atomic E-state index is 0.230. The van der Waals surface area contributed by atoms with Crippen LogP contribution < -0.4 is 10.1 Å². The molecule has 0 aliphatic heterocycles. The van der Waals surface area contributed by atoms with E-state index in [2.05, 4.69) is 57.3 Å². The van der Waals surface area contributed by atoms with Gasteiger partial charge in [0.15, 0.2) is 0 Å². The van der Waals surface area contributed by atoms with Crippen molar-refractivity contribution in [1.82, 2.24) is 5.32 Å². The number of hydrogen-bond acceptors (Lipinski definition) is 2. The standard InChI is InChI=1S/C18H29NO/c1-5-19-18(17-11-6-8-14(17)4)15-9-7-10-16(12-15)20-13(2)3/h7,9-10,12-14,17-19H,5-6,8,11H2,1-4H3. The highest BCUT2D eigenvalue weighted by atomic mass is 16.5. The van der Waals surface area contributed by atoms with Crippen molar-refractivity contribution in [1.29, 1.82) is 0 Å². The molecule has 2 rings (SSSR count). The highest BCUT2D eigenvalue weighted by molar-refractivity contribution is 5.31. The SMILES string of the molecule is CCNC(c1cccc(OC(C)C)c1)C1CCCC1C. The number of rotatable bonds is 6. The van der Waals surface area contributed by atoms with E-state index in [1.54, 1.807) is 0 Å². The maximum Gasteiger partial charge on any atom is 0.120 e. The third kappa shape index (κ3) is 3.76. The van der Waals surface area contributed by atoms with E-state index in [4.69, 9.17) is 4.74 Å². The molecule has 20 heavy (non-hydrogen) atoms. The fourth-order valence-corrected chi connectivity index (χ4v) is 3.46. The minimum atomic E-state index is 0.230. The first kappa shape index (κ1) is 15.4. The topological polar surface area (TPSA) is 21.3 Å². The molecule has 1 fully saturated rings. The first-order valence-corrected chi connectivity index (χ1v) is 8.11. The predicted octanol–water partition coefficient (Wildman–Crippen LogP) is 4.56. The molecule has 3 unspecified atom stereocenters. The Morgan fingerprint density at radius 1 is 1.30 bits per heavy atom. The summed E-state index contributed by atoms with van der Waals surface area (Å²) in [4.78, 5) is 0. The lowest BCUT2D eigenvalue weighted by molar-refractivity contribution is 0.241. The summed E-state index contributed by atoms with van der Waals surface area (Å²) >= 11 is 0. The molecule has 2 heteroatoms. The summed E-state index contributed by atoms with van der Waals surface area (Å²) < 4.78 is 5.84. The van der Waals surface area contributed by atoms with Gasteiger partial charge in [-0.15, -0.1) is 0 Å². The van der Waals surface area contributed by atoms with Gasteiger partial charge < -0.3 is 10.1 Å². The second-order valence-corrected chi connectivity index (χ2v) is 6.35. The molecule has 0 saturated heterocycles. The Kier molecular flexibility index (Phi) is 5.47. The summed E-state index contributed by atoms with van der Waals surface area (Å²) in [5.41, 5.74) is 1.38. The molecule has 0 heterocycles. The van der Waals surface area contributed by atoms with E-state index in [-0.39, 0.29) is 6.10 Å². The summed E-state index contributed by atoms with van der Waals surface area (Å²) in [5.74, 6) is 2.56. The van der Waals surface area contributed by atoms with Crippen LogP contribution in [-0.2, 0) is 0 Å². The van der Waals surface area contributed by atoms with E-state index >= 15 is 0 Å². The molecule has 0 spiro atoms. The molecule has 0 radical (unpaired) electrons. The molecule has 1 aromatic carbocycles. The summed E-state index contributed by atoms with van der Waals surface area (Å²) in [6.07, 6.45) is 4.31. The molecule has 1 aromatic rings. The monoisotopic (exact) mass is 275 g/mol. The molecule has 3 atom stereocenters. The molecule has 0 aromatic heterocycles. The Bertz CT molecular complexity index is 416. The van der Waals surface area contributed by atoms with E-state index in [1.807, 2.05) is 0 Å². The Balaban J connectivity index is 2.20. The highest BCUT2D eigenvalue weighted by Crippen LogP contribution is 2.40. The van der Waals surface area contributed by atoms with E-state index < -0.39 is 0 Å². The van der Waals surface area contributed by atoms with Crippen LogP contribution in [0.25, 0.3) is 0 Å². The summed E-state index contributed by atoms with van der Waals surface area (Å²) in [6.45, 7) is 9.77. The average Bonchev–Trinajstić information content (AvgIpc) is 2.81. The van der Waals surface area contributed by atoms with Gasteiger partial charge in [0, 0.05) is 6.04 Å². The first-order valence-electron chi connectivity index (χ1n) is 8.11. The van der Waals surface area contributed by atoms with Crippen LogP contribution in [0.1, 0.15) is 58.6 Å². The van der Waals surface area contributed by atoms with Crippen molar-refractivity contribution in [3.8, 4) is 5.75 Å². The van der Waals surface area contributed by atoms with Crippen molar-refractivity contribution in [2.24, 2.45) is 11.8 Å². The summed E-state index contributed by atoms with van der Waals surface area (Å²) in [7, 11) is 0. The molecule has 1 aliphatic carbocycles. The molecule has 1 N–H and O–H groups in total. The highest BCUT2D eigenvalue weighted by Gasteiger charge is 2.31. The third-order valence-corrected chi connectivity index (χ3v) is 4.37. The third-order valence-electron chi connectivity index (χ3n) is 4.37. The van der Waals surface area contributed by atoms with Gasteiger partial charge in [-0.2, -0.15) is 0 Å². The lowest BCUT2D eigenvalue weighted by Gasteiger charge is -2.28. The van der Waals surface area contributed by atoms with Gasteiger partial charge in [-0.05, 0) is 56.3 Å². The summed E-state index contributed by atoms with van der Waals surface area (Å²) in [5, 5.41) is 3.70. The number of hydrogen-bond donors (Lipinski definition) is 1. The van der Waals surface area contributed by atoms with Crippen LogP contribution in [0.2, 0.25) is 0 Å². The lowest BCUT2D eigenvalue weighted by atomic mass is 9.86. The van der Waals surface area contributed by atoms with Crippen LogP contribution in [0, 0.1) is 11.8 Å². The number of ether oxygens (including phenoxy) is 1. The maximum absolute atomic E-state index is 5.84. The van der Waals surface area contributed by atoms with Gasteiger partial charge in [-0.1, -0.05) is 38.8 Å². The van der Waals surface area contributed by atoms with Gasteiger partial charge >= 0.3 is 0 Å². The quantitative estimate of drug-likeness (QED) is 0.821. The zero-order valence-corrected chi connectivity index (χ0v) is 13.4. The Labute approximate surface area is 123 Å². The van der Waals surface area contributed by atoms with Crippen LogP contribution in [0.5, 0.6) is 5.75 Å². The Hall–Kier alpha value is -1.02. The largest absolute Gasteiger partial charge is 0.491 e.